The third-order valence-corrected chi connectivity index (χ3v) is 5.36. The van der Waals surface area contributed by atoms with Crippen LogP contribution in [0.4, 0.5) is 0 Å². The zero-order valence-corrected chi connectivity index (χ0v) is 17.6. The van der Waals surface area contributed by atoms with Crippen LogP contribution in [-0.4, -0.2) is 42.3 Å². The molecule has 0 fully saturated rings. The topological polar surface area (TPSA) is 89.2 Å². The summed E-state index contributed by atoms with van der Waals surface area (Å²) >= 11 is 0. The molecule has 7 nitrogen and oxygen atoms in total. The smallest absolute Gasteiger partial charge is 0.290 e. The number of benzene rings is 2. The molecule has 162 valence electrons. The van der Waals surface area contributed by atoms with Gasteiger partial charge in [0.05, 0.1) is 23.6 Å². The average molecular weight is 423 g/mol. The van der Waals surface area contributed by atoms with Crippen LogP contribution >= 0.6 is 0 Å². The Morgan fingerprint density at radius 1 is 1.10 bits per heavy atom. The predicted octanol–water partition coefficient (Wildman–Crippen LogP) is 3.87. The number of aromatic hydroxyl groups is 1. The van der Waals surface area contributed by atoms with Gasteiger partial charge in [-0.05, 0) is 50.1 Å². The Labute approximate surface area is 179 Å². The van der Waals surface area contributed by atoms with Crippen LogP contribution in [0.25, 0.3) is 11.0 Å². The van der Waals surface area contributed by atoms with Gasteiger partial charge in [-0.3, -0.25) is 9.59 Å². The maximum Gasteiger partial charge on any atom is 0.290 e. The van der Waals surface area contributed by atoms with Gasteiger partial charge in [-0.15, -0.1) is 0 Å². The lowest BCUT2D eigenvalue weighted by Crippen LogP contribution is -2.31. The number of phenols is 1. The predicted molar refractivity (Wildman–Crippen MR) is 116 cm³/mol. The molecule has 3 aromatic rings. The number of carbonyl (C=O) groups is 1. The Morgan fingerprint density at radius 3 is 2.68 bits per heavy atom. The molecule has 1 amide bonds. The summed E-state index contributed by atoms with van der Waals surface area (Å²) in [4.78, 5) is 28.3. The maximum atomic E-state index is 13.4. The van der Waals surface area contributed by atoms with Crippen LogP contribution < -0.4 is 10.2 Å². The standard InChI is InChI=1S/C24H25NO6/c1-3-29-13-7-12-25-21(15-10-11-17(26)19(14-15)30-4-2)20-22(27)16-8-5-6-9-18(16)31-23(20)24(25)28/h5-6,8-11,14,21,26H,3-4,7,12-13H2,1-2H3/t21-/m0/s1. The molecule has 2 heterocycles. The molecule has 31 heavy (non-hydrogen) atoms. The van der Waals surface area contributed by atoms with Gasteiger partial charge in [0.1, 0.15) is 5.58 Å². The summed E-state index contributed by atoms with van der Waals surface area (Å²) in [6, 6.07) is 11.2. The minimum absolute atomic E-state index is 0.00332. The molecular formula is C24H25NO6. The first-order valence-electron chi connectivity index (χ1n) is 10.5. The van der Waals surface area contributed by atoms with E-state index in [1.165, 1.54) is 6.07 Å². The van der Waals surface area contributed by atoms with Crippen molar-refractivity contribution >= 4 is 16.9 Å². The van der Waals surface area contributed by atoms with Crippen molar-refractivity contribution in [1.82, 2.24) is 4.90 Å². The molecule has 2 aromatic carbocycles. The van der Waals surface area contributed by atoms with E-state index >= 15 is 0 Å². The van der Waals surface area contributed by atoms with Gasteiger partial charge in [-0.1, -0.05) is 18.2 Å². The fourth-order valence-corrected chi connectivity index (χ4v) is 4.00. The Balaban J connectivity index is 1.85. The highest BCUT2D eigenvalue weighted by atomic mass is 16.5. The second-order valence-electron chi connectivity index (χ2n) is 7.28. The third kappa shape index (κ3) is 3.77. The molecular weight excluding hydrogens is 398 g/mol. The SMILES string of the molecule is CCOCCCN1C(=O)c2oc3ccccc3c(=O)c2[C@@H]1c1ccc(O)c(OCC)c1. The zero-order chi connectivity index (χ0) is 22.0. The lowest BCUT2D eigenvalue weighted by atomic mass is 9.98. The van der Waals surface area contributed by atoms with E-state index in [-0.39, 0.29) is 22.8 Å². The Morgan fingerprint density at radius 2 is 1.90 bits per heavy atom. The van der Waals surface area contributed by atoms with E-state index < -0.39 is 6.04 Å². The van der Waals surface area contributed by atoms with Crippen LogP contribution in [0.3, 0.4) is 0 Å². The first-order chi connectivity index (χ1) is 15.1. The molecule has 0 saturated heterocycles. The van der Waals surface area contributed by atoms with Crippen molar-refractivity contribution in [2.45, 2.75) is 26.3 Å². The average Bonchev–Trinajstić information content (AvgIpc) is 3.05. The van der Waals surface area contributed by atoms with Gasteiger partial charge < -0.3 is 23.9 Å². The van der Waals surface area contributed by atoms with Gasteiger partial charge in [0.25, 0.3) is 5.91 Å². The van der Waals surface area contributed by atoms with Crippen molar-refractivity contribution in [3.05, 3.63) is 69.6 Å². The number of phenolic OH excluding ortho intramolecular Hbond substituents is 1. The Hall–Kier alpha value is -3.32. The van der Waals surface area contributed by atoms with E-state index in [0.29, 0.717) is 60.6 Å². The highest BCUT2D eigenvalue weighted by molar-refractivity contribution is 5.99. The second kappa shape index (κ2) is 8.81. The molecule has 7 heteroatoms. The molecule has 0 aliphatic carbocycles. The lowest BCUT2D eigenvalue weighted by molar-refractivity contribution is 0.0695. The highest BCUT2D eigenvalue weighted by Gasteiger charge is 2.42. The minimum atomic E-state index is -0.634. The van der Waals surface area contributed by atoms with E-state index in [4.69, 9.17) is 13.9 Å². The van der Waals surface area contributed by atoms with Gasteiger partial charge in [-0.25, -0.2) is 0 Å². The number of nitrogens with zero attached hydrogens (tertiary/aromatic N) is 1. The monoisotopic (exact) mass is 423 g/mol. The van der Waals surface area contributed by atoms with E-state index in [0.717, 1.165) is 0 Å². The highest BCUT2D eigenvalue weighted by Crippen LogP contribution is 2.40. The summed E-state index contributed by atoms with van der Waals surface area (Å²) in [5, 5.41) is 10.5. The van der Waals surface area contributed by atoms with Crippen LogP contribution in [0.2, 0.25) is 0 Å². The summed E-state index contributed by atoms with van der Waals surface area (Å²) in [5.74, 6) is 0.0467. The van der Waals surface area contributed by atoms with Gasteiger partial charge in [-0.2, -0.15) is 0 Å². The quantitative estimate of drug-likeness (QED) is 0.553. The molecule has 4 rings (SSSR count). The minimum Gasteiger partial charge on any atom is -0.504 e. The largest absolute Gasteiger partial charge is 0.504 e. The Bertz CT molecular complexity index is 1170. The second-order valence-corrected chi connectivity index (χ2v) is 7.28. The molecule has 1 atom stereocenters. The number of hydrogen-bond donors (Lipinski definition) is 1. The number of rotatable bonds is 8. The van der Waals surface area contributed by atoms with E-state index in [2.05, 4.69) is 0 Å². The first-order valence-corrected chi connectivity index (χ1v) is 10.5. The maximum absolute atomic E-state index is 13.4. The van der Waals surface area contributed by atoms with Gasteiger partial charge in [0.15, 0.2) is 16.9 Å². The van der Waals surface area contributed by atoms with Crippen molar-refractivity contribution < 1.29 is 23.8 Å². The van der Waals surface area contributed by atoms with E-state index in [1.54, 1.807) is 41.3 Å². The molecule has 0 saturated carbocycles. The van der Waals surface area contributed by atoms with E-state index in [1.807, 2.05) is 13.8 Å². The molecule has 0 spiro atoms. The van der Waals surface area contributed by atoms with Gasteiger partial charge in [0, 0.05) is 19.8 Å². The molecule has 1 aliphatic heterocycles. The van der Waals surface area contributed by atoms with Crippen molar-refractivity contribution in [1.29, 1.82) is 0 Å². The van der Waals surface area contributed by atoms with Crippen molar-refractivity contribution in [2.75, 3.05) is 26.4 Å². The van der Waals surface area contributed by atoms with Crippen LogP contribution in [0.1, 0.15) is 48.0 Å². The summed E-state index contributed by atoms with van der Waals surface area (Å²) in [6.07, 6.45) is 0.619. The van der Waals surface area contributed by atoms with Crippen molar-refractivity contribution in [3.63, 3.8) is 0 Å². The number of carbonyl (C=O) groups excluding carboxylic acids is 1. The molecule has 1 N–H and O–H groups in total. The van der Waals surface area contributed by atoms with Gasteiger partial charge >= 0.3 is 0 Å². The van der Waals surface area contributed by atoms with Crippen LogP contribution in [0.15, 0.2) is 51.7 Å². The lowest BCUT2D eigenvalue weighted by Gasteiger charge is -2.25. The molecule has 1 aliphatic rings. The summed E-state index contributed by atoms with van der Waals surface area (Å²) in [6.45, 7) is 5.61. The number of ether oxygens (including phenoxy) is 2. The van der Waals surface area contributed by atoms with Crippen molar-refractivity contribution in [2.24, 2.45) is 0 Å². The van der Waals surface area contributed by atoms with Crippen molar-refractivity contribution in [3.8, 4) is 11.5 Å². The fraction of sp³-hybridized carbons (Fsp3) is 0.333. The molecule has 1 aromatic heterocycles. The number of para-hydroxylation sites is 1. The Kier molecular flexibility index (Phi) is 5.95. The number of amides is 1. The van der Waals surface area contributed by atoms with Crippen LogP contribution in [-0.2, 0) is 4.74 Å². The summed E-state index contributed by atoms with van der Waals surface area (Å²) < 4.78 is 16.9. The van der Waals surface area contributed by atoms with E-state index in [9.17, 15) is 14.7 Å². The fourth-order valence-electron chi connectivity index (χ4n) is 4.00. The van der Waals surface area contributed by atoms with Crippen LogP contribution in [0, 0.1) is 0 Å². The normalized spacial score (nSPS) is 15.5. The molecule has 0 unspecified atom stereocenters. The summed E-state index contributed by atoms with van der Waals surface area (Å²) in [7, 11) is 0. The zero-order valence-electron chi connectivity index (χ0n) is 17.6. The van der Waals surface area contributed by atoms with Gasteiger partial charge in [0.2, 0.25) is 5.76 Å². The molecule has 0 radical (unpaired) electrons. The third-order valence-electron chi connectivity index (χ3n) is 5.36. The summed E-state index contributed by atoms with van der Waals surface area (Å²) in [5.41, 5.74) is 1.14. The van der Waals surface area contributed by atoms with Crippen LogP contribution in [0.5, 0.6) is 11.5 Å². The number of fused-ring (bicyclic) bond motifs is 2. The molecule has 0 bridgehead atoms. The number of hydrogen-bond acceptors (Lipinski definition) is 6. The first kappa shape index (κ1) is 20.9.